The highest BCUT2D eigenvalue weighted by Gasteiger charge is 2.34. The molecule has 3 N–H and O–H groups in total. The second kappa shape index (κ2) is 7.11. The minimum atomic E-state index is -0.527. The molecule has 8 nitrogen and oxygen atoms in total. The van der Waals surface area contributed by atoms with Gasteiger partial charge >= 0.3 is 0 Å². The van der Waals surface area contributed by atoms with Crippen LogP contribution in [-0.4, -0.2) is 47.9 Å². The molecule has 0 bridgehead atoms. The maximum atomic E-state index is 11.8. The molecular weight excluding hydrogens is 344 g/mol. The lowest BCUT2D eigenvalue weighted by Crippen LogP contribution is -2.46. The summed E-state index contributed by atoms with van der Waals surface area (Å²) in [6.45, 7) is 3.67. The van der Waals surface area contributed by atoms with E-state index in [4.69, 9.17) is 0 Å². The molecule has 2 heterocycles. The lowest BCUT2D eigenvalue weighted by molar-refractivity contribution is -0.122. The van der Waals surface area contributed by atoms with Gasteiger partial charge in [-0.1, -0.05) is 19.1 Å². The zero-order chi connectivity index (χ0) is 19.0. The number of nitrogens with one attached hydrogen (secondary N) is 2. The second-order valence-corrected chi connectivity index (χ2v) is 7.11. The van der Waals surface area contributed by atoms with E-state index in [1.165, 1.54) is 0 Å². The van der Waals surface area contributed by atoms with Crippen LogP contribution in [0.15, 0.2) is 24.3 Å². The number of para-hydroxylation sites is 2. The van der Waals surface area contributed by atoms with E-state index in [0.717, 1.165) is 23.3 Å². The summed E-state index contributed by atoms with van der Waals surface area (Å²) in [7, 11) is 0. The van der Waals surface area contributed by atoms with Crippen LogP contribution in [-0.2, 0) is 4.79 Å². The van der Waals surface area contributed by atoms with Crippen molar-refractivity contribution in [3.05, 3.63) is 35.9 Å². The first-order valence-corrected chi connectivity index (χ1v) is 9.41. The Morgan fingerprint density at radius 2 is 2.15 bits per heavy atom. The Hall–Kier alpha value is -2.74. The third-order valence-corrected chi connectivity index (χ3v) is 5.16. The Bertz CT molecular complexity index is 929. The van der Waals surface area contributed by atoms with Crippen LogP contribution in [0.25, 0.3) is 17.0 Å². The minimum Gasteiger partial charge on any atom is -0.391 e. The summed E-state index contributed by atoms with van der Waals surface area (Å²) in [5, 5.41) is 17.8. The van der Waals surface area contributed by atoms with Gasteiger partial charge in [-0.25, -0.2) is 9.97 Å². The SMILES string of the molecule is CCC(=O)N[C@@H]1C[C@@H](c2nc(C)nn2-c2nc3ccccc3[nH]2)CC[C@H]1O. The number of H-pyrrole nitrogens is 1. The van der Waals surface area contributed by atoms with E-state index < -0.39 is 6.10 Å². The molecule has 1 amide bonds. The van der Waals surface area contributed by atoms with Crippen LogP contribution in [0, 0.1) is 6.92 Å². The number of aryl methyl sites for hydroxylation is 1. The van der Waals surface area contributed by atoms with Crippen LogP contribution < -0.4 is 5.32 Å². The third kappa shape index (κ3) is 3.44. The fourth-order valence-electron chi connectivity index (χ4n) is 3.74. The number of aliphatic hydroxyl groups is 1. The monoisotopic (exact) mass is 368 g/mol. The summed E-state index contributed by atoms with van der Waals surface area (Å²) in [6, 6.07) is 7.57. The number of benzene rings is 1. The lowest BCUT2D eigenvalue weighted by atomic mass is 9.83. The first-order chi connectivity index (χ1) is 13.0. The van der Waals surface area contributed by atoms with Crippen LogP contribution in [0.5, 0.6) is 0 Å². The van der Waals surface area contributed by atoms with Crippen LogP contribution in [0.4, 0.5) is 0 Å². The Balaban J connectivity index is 1.65. The van der Waals surface area contributed by atoms with Gasteiger partial charge in [0.1, 0.15) is 11.6 Å². The number of aromatic amines is 1. The van der Waals surface area contributed by atoms with Gasteiger partial charge in [-0.2, -0.15) is 4.68 Å². The maximum absolute atomic E-state index is 11.8. The molecule has 4 rings (SSSR count). The normalized spacial score (nSPS) is 22.9. The molecule has 1 fully saturated rings. The van der Waals surface area contributed by atoms with Crippen molar-refractivity contribution in [2.24, 2.45) is 0 Å². The fraction of sp³-hybridized carbons (Fsp3) is 0.474. The van der Waals surface area contributed by atoms with Gasteiger partial charge in [0.05, 0.1) is 23.2 Å². The number of aliphatic hydroxyl groups excluding tert-OH is 1. The molecular formula is C19H24N6O2. The number of hydrogen-bond acceptors (Lipinski definition) is 5. The highest BCUT2D eigenvalue weighted by Crippen LogP contribution is 2.33. The maximum Gasteiger partial charge on any atom is 0.230 e. The number of hydrogen-bond donors (Lipinski definition) is 3. The smallest absolute Gasteiger partial charge is 0.230 e. The van der Waals surface area contributed by atoms with Crippen LogP contribution in [0.1, 0.15) is 50.2 Å². The Labute approximate surface area is 157 Å². The highest BCUT2D eigenvalue weighted by molar-refractivity contribution is 5.76. The van der Waals surface area contributed by atoms with Gasteiger partial charge in [0.15, 0.2) is 0 Å². The van der Waals surface area contributed by atoms with Gasteiger partial charge in [0, 0.05) is 12.3 Å². The zero-order valence-corrected chi connectivity index (χ0v) is 15.5. The Morgan fingerprint density at radius 3 is 2.93 bits per heavy atom. The van der Waals surface area contributed by atoms with Gasteiger partial charge < -0.3 is 15.4 Å². The van der Waals surface area contributed by atoms with Gasteiger partial charge in [-0.05, 0) is 38.3 Å². The van der Waals surface area contributed by atoms with E-state index in [1.54, 1.807) is 4.68 Å². The molecule has 3 atom stereocenters. The van der Waals surface area contributed by atoms with Gasteiger partial charge in [-0.15, -0.1) is 5.10 Å². The lowest BCUT2D eigenvalue weighted by Gasteiger charge is -2.33. The molecule has 27 heavy (non-hydrogen) atoms. The molecule has 1 saturated carbocycles. The van der Waals surface area contributed by atoms with Crippen molar-refractivity contribution in [1.82, 2.24) is 30.0 Å². The van der Waals surface area contributed by atoms with Crippen molar-refractivity contribution < 1.29 is 9.90 Å². The van der Waals surface area contributed by atoms with Crippen LogP contribution in [0.3, 0.4) is 0 Å². The van der Waals surface area contributed by atoms with Crippen molar-refractivity contribution in [2.45, 2.75) is 57.6 Å². The van der Waals surface area contributed by atoms with Crippen molar-refractivity contribution in [3.63, 3.8) is 0 Å². The van der Waals surface area contributed by atoms with E-state index in [1.807, 2.05) is 38.1 Å². The minimum absolute atomic E-state index is 0.0466. The van der Waals surface area contributed by atoms with Gasteiger partial charge in [-0.3, -0.25) is 4.79 Å². The molecule has 142 valence electrons. The zero-order valence-electron chi connectivity index (χ0n) is 15.5. The number of nitrogens with zero attached hydrogens (tertiary/aromatic N) is 4. The number of carbonyl (C=O) groups is 1. The van der Waals surface area contributed by atoms with E-state index in [-0.39, 0.29) is 17.9 Å². The summed E-state index contributed by atoms with van der Waals surface area (Å²) in [6.07, 6.45) is 1.91. The number of aromatic nitrogens is 5. The fourth-order valence-corrected chi connectivity index (χ4v) is 3.74. The molecule has 1 aliphatic carbocycles. The molecule has 3 aromatic rings. The average molecular weight is 368 g/mol. The van der Waals surface area contributed by atoms with Crippen molar-refractivity contribution in [3.8, 4) is 5.95 Å². The molecule has 1 aliphatic rings. The van der Waals surface area contributed by atoms with E-state index in [2.05, 4.69) is 25.4 Å². The van der Waals surface area contributed by atoms with Crippen molar-refractivity contribution in [1.29, 1.82) is 0 Å². The quantitative estimate of drug-likeness (QED) is 0.652. The summed E-state index contributed by atoms with van der Waals surface area (Å²) in [5.74, 6) is 2.16. The Morgan fingerprint density at radius 1 is 1.33 bits per heavy atom. The molecule has 0 aliphatic heterocycles. The number of fused-ring (bicyclic) bond motifs is 1. The molecule has 0 saturated heterocycles. The second-order valence-electron chi connectivity index (χ2n) is 7.11. The van der Waals surface area contributed by atoms with Crippen molar-refractivity contribution in [2.75, 3.05) is 0 Å². The first-order valence-electron chi connectivity index (χ1n) is 9.41. The summed E-state index contributed by atoms with van der Waals surface area (Å²) in [4.78, 5) is 24.4. The average Bonchev–Trinajstić information content (AvgIpc) is 3.26. The standard InChI is InChI=1S/C19H24N6O2/c1-3-17(27)21-15-10-12(8-9-16(15)26)18-20-11(2)24-25(18)19-22-13-6-4-5-7-14(13)23-19/h4-7,12,15-16,26H,3,8-10H2,1-2H3,(H,21,27)(H,22,23)/t12-,15+,16+/m0/s1. The predicted octanol–water partition coefficient (Wildman–Crippen LogP) is 1.98. The molecule has 2 aromatic heterocycles. The predicted molar refractivity (Wildman–Crippen MR) is 101 cm³/mol. The van der Waals surface area contributed by atoms with E-state index >= 15 is 0 Å². The number of carbonyl (C=O) groups excluding carboxylic acids is 1. The summed E-state index contributed by atoms with van der Waals surface area (Å²) in [5.41, 5.74) is 1.82. The molecule has 0 spiro atoms. The van der Waals surface area contributed by atoms with Gasteiger partial charge in [0.2, 0.25) is 11.9 Å². The molecule has 0 unspecified atom stereocenters. The summed E-state index contributed by atoms with van der Waals surface area (Å²) < 4.78 is 1.76. The third-order valence-electron chi connectivity index (χ3n) is 5.16. The molecule has 8 heteroatoms. The molecule has 0 radical (unpaired) electrons. The first kappa shape index (κ1) is 17.7. The number of imidazole rings is 1. The van der Waals surface area contributed by atoms with Crippen LogP contribution >= 0.6 is 0 Å². The number of amides is 1. The Kier molecular flexibility index (Phi) is 4.65. The number of rotatable bonds is 4. The van der Waals surface area contributed by atoms with Gasteiger partial charge in [0.25, 0.3) is 0 Å². The van der Waals surface area contributed by atoms with Crippen molar-refractivity contribution >= 4 is 16.9 Å². The van der Waals surface area contributed by atoms with Crippen LogP contribution in [0.2, 0.25) is 0 Å². The highest BCUT2D eigenvalue weighted by atomic mass is 16.3. The van der Waals surface area contributed by atoms with E-state index in [0.29, 0.717) is 31.0 Å². The summed E-state index contributed by atoms with van der Waals surface area (Å²) >= 11 is 0. The van der Waals surface area contributed by atoms with E-state index in [9.17, 15) is 9.90 Å². The largest absolute Gasteiger partial charge is 0.391 e. The molecule has 1 aromatic carbocycles. The topological polar surface area (TPSA) is 109 Å².